The van der Waals surface area contributed by atoms with Crippen molar-refractivity contribution in [2.45, 2.75) is 64.1 Å². The van der Waals surface area contributed by atoms with E-state index in [1.54, 1.807) is 11.3 Å². The molecule has 120 valence electrons. The average molecular weight is 383 g/mol. The highest BCUT2D eigenvalue weighted by Gasteiger charge is 2.80. The van der Waals surface area contributed by atoms with E-state index in [9.17, 15) is 4.79 Å². The second kappa shape index (κ2) is 4.56. The zero-order valence-electron chi connectivity index (χ0n) is 13.5. The van der Waals surface area contributed by atoms with Crippen LogP contribution in [0.1, 0.15) is 57.0 Å². The summed E-state index contributed by atoms with van der Waals surface area (Å²) in [6.45, 7) is 6.82. The van der Waals surface area contributed by atoms with Crippen LogP contribution in [0.4, 0.5) is 5.13 Å². The van der Waals surface area contributed by atoms with Crippen molar-refractivity contribution in [1.29, 1.82) is 0 Å². The smallest absolute Gasteiger partial charge is 0.234 e. The van der Waals surface area contributed by atoms with Crippen molar-refractivity contribution in [3.63, 3.8) is 0 Å². The minimum atomic E-state index is -0.284. The minimum Gasteiger partial charge on any atom is -0.301 e. The van der Waals surface area contributed by atoms with Gasteiger partial charge in [-0.25, -0.2) is 4.98 Å². The van der Waals surface area contributed by atoms with Crippen LogP contribution in [0.25, 0.3) is 0 Å². The molecule has 5 rings (SSSR count). The highest BCUT2D eigenvalue weighted by Crippen LogP contribution is 2.79. The predicted octanol–water partition coefficient (Wildman–Crippen LogP) is 4.55. The summed E-state index contributed by atoms with van der Waals surface area (Å²) in [7, 11) is 0. The molecule has 1 aromatic heterocycles. The van der Waals surface area contributed by atoms with Gasteiger partial charge in [-0.05, 0) is 49.4 Å². The quantitative estimate of drug-likeness (QED) is 0.762. The summed E-state index contributed by atoms with van der Waals surface area (Å²) < 4.78 is 0. The van der Waals surface area contributed by atoms with Gasteiger partial charge in [-0.2, -0.15) is 0 Å². The number of alkyl halides is 1. The number of nitrogens with zero attached hydrogens (tertiary/aromatic N) is 1. The van der Waals surface area contributed by atoms with Crippen molar-refractivity contribution in [3.05, 3.63) is 10.6 Å². The molecule has 3 unspecified atom stereocenters. The summed E-state index contributed by atoms with van der Waals surface area (Å²) in [5.74, 6) is 0.167. The van der Waals surface area contributed by atoms with Gasteiger partial charge >= 0.3 is 0 Å². The monoisotopic (exact) mass is 382 g/mol. The maximum absolute atomic E-state index is 13.1. The third-order valence-corrected chi connectivity index (χ3v) is 9.91. The first kappa shape index (κ1) is 15.1. The molecule has 4 aliphatic carbocycles. The molecule has 3 saturated carbocycles. The Hall–Kier alpha value is -0.420. The SMILES string of the molecule is CC12CCC(C(=O)Nc3nc4c(s3)CCCC4)(C1Br)C2(C)C. The lowest BCUT2D eigenvalue weighted by Crippen LogP contribution is -2.68. The molecule has 5 heteroatoms. The molecule has 0 aliphatic heterocycles. The highest BCUT2D eigenvalue weighted by atomic mass is 79.9. The number of nitrogens with one attached hydrogen (secondary N) is 1. The molecular formula is C17H23BrN2OS. The van der Waals surface area contributed by atoms with Crippen LogP contribution >= 0.6 is 27.3 Å². The third-order valence-electron chi connectivity index (χ3n) is 7.05. The summed E-state index contributed by atoms with van der Waals surface area (Å²) >= 11 is 5.52. The van der Waals surface area contributed by atoms with E-state index in [1.807, 2.05) is 0 Å². The van der Waals surface area contributed by atoms with Crippen LogP contribution in [-0.2, 0) is 17.6 Å². The first-order valence-corrected chi connectivity index (χ1v) is 10.0. The van der Waals surface area contributed by atoms with Gasteiger partial charge in [0.2, 0.25) is 5.91 Å². The van der Waals surface area contributed by atoms with Crippen LogP contribution in [0, 0.1) is 16.2 Å². The first-order valence-electron chi connectivity index (χ1n) is 8.27. The topological polar surface area (TPSA) is 42.0 Å². The van der Waals surface area contributed by atoms with Crippen LogP contribution in [0.5, 0.6) is 0 Å². The molecule has 22 heavy (non-hydrogen) atoms. The standard InChI is InChI=1S/C17H23BrN2OS/c1-15(2)16(3)8-9-17(15,12(16)18)13(21)20-14-19-10-6-4-5-7-11(10)22-14/h12H,4-9H2,1-3H3,(H,19,20,21). The number of carbonyl (C=O) groups is 1. The van der Waals surface area contributed by atoms with Gasteiger partial charge in [0.1, 0.15) is 0 Å². The van der Waals surface area contributed by atoms with E-state index in [2.05, 4.69) is 47.0 Å². The number of anilines is 1. The molecule has 3 atom stereocenters. The minimum absolute atomic E-state index is 0.0368. The Balaban J connectivity index is 1.59. The maximum Gasteiger partial charge on any atom is 0.234 e. The molecule has 1 N–H and O–H groups in total. The number of hydrogen-bond acceptors (Lipinski definition) is 3. The molecule has 0 spiro atoms. The Morgan fingerprint density at radius 1 is 1.27 bits per heavy atom. The van der Waals surface area contributed by atoms with E-state index in [1.165, 1.54) is 23.4 Å². The number of rotatable bonds is 2. The molecule has 4 aliphatic rings. The molecule has 0 aromatic carbocycles. The summed E-state index contributed by atoms with van der Waals surface area (Å²) in [6.07, 6.45) is 6.77. The number of aryl methyl sites for hydroxylation is 2. The number of halogens is 1. The van der Waals surface area contributed by atoms with Crippen molar-refractivity contribution in [2.24, 2.45) is 16.2 Å². The maximum atomic E-state index is 13.1. The van der Waals surface area contributed by atoms with Crippen LogP contribution in [0.15, 0.2) is 0 Å². The van der Waals surface area contributed by atoms with E-state index in [-0.39, 0.29) is 27.0 Å². The van der Waals surface area contributed by atoms with Gasteiger partial charge in [0, 0.05) is 9.70 Å². The van der Waals surface area contributed by atoms with E-state index in [4.69, 9.17) is 0 Å². The van der Waals surface area contributed by atoms with Crippen molar-refractivity contribution in [2.75, 3.05) is 5.32 Å². The van der Waals surface area contributed by atoms with Gasteiger partial charge in [-0.3, -0.25) is 4.79 Å². The van der Waals surface area contributed by atoms with E-state index in [0.717, 1.165) is 30.8 Å². The van der Waals surface area contributed by atoms with Gasteiger partial charge in [0.15, 0.2) is 5.13 Å². The Labute approximate surface area is 144 Å². The van der Waals surface area contributed by atoms with E-state index in [0.29, 0.717) is 0 Å². The number of fused-ring (bicyclic) bond motifs is 2. The van der Waals surface area contributed by atoms with Crippen LogP contribution in [0.3, 0.4) is 0 Å². The molecule has 1 amide bonds. The molecule has 2 bridgehead atoms. The van der Waals surface area contributed by atoms with Crippen LogP contribution in [0.2, 0.25) is 0 Å². The Morgan fingerprint density at radius 3 is 2.59 bits per heavy atom. The van der Waals surface area contributed by atoms with Crippen LogP contribution in [-0.4, -0.2) is 15.7 Å². The molecule has 1 aromatic rings. The molecule has 0 saturated heterocycles. The van der Waals surface area contributed by atoms with Gasteiger partial charge < -0.3 is 5.32 Å². The summed E-state index contributed by atoms with van der Waals surface area (Å²) in [6, 6.07) is 0. The fourth-order valence-electron chi connectivity index (χ4n) is 5.07. The van der Waals surface area contributed by atoms with E-state index < -0.39 is 0 Å². The number of aromatic nitrogens is 1. The zero-order chi connectivity index (χ0) is 15.8. The summed E-state index contributed by atoms with van der Waals surface area (Å²) in [4.78, 5) is 19.4. The van der Waals surface area contributed by atoms with E-state index >= 15 is 0 Å². The number of carbonyl (C=O) groups excluding carboxylic acids is 1. The number of thiazole rings is 1. The molecule has 0 radical (unpaired) electrons. The van der Waals surface area contributed by atoms with Gasteiger partial charge in [0.05, 0.1) is 11.1 Å². The Kier molecular flexibility index (Phi) is 3.14. The third kappa shape index (κ3) is 1.57. The van der Waals surface area contributed by atoms with Gasteiger partial charge in [-0.1, -0.05) is 36.7 Å². The molecule has 1 heterocycles. The predicted molar refractivity (Wildman–Crippen MR) is 93.7 cm³/mol. The fourth-order valence-corrected chi connectivity index (χ4v) is 7.93. The lowest BCUT2D eigenvalue weighted by molar-refractivity contribution is -0.155. The number of amides is 1. The fraction of sp³-hybridized carbons (Fsp3) is 0.765. The van der Waals surface area contributed by atoms with Crippen molar-refractivity contribution in [3.8, 4) is 0 Å². The summed E-state index contributed by atoms with van der Waals surface area (Å²) in [5.41, 5.74) is 1.19. The normalized spacial score (nSPS) is 38.3. The van der Waals surface area contributed by atoms with Crippen LogP contribution < -0.4 is 5.32 Å². The Morgan fingerprint density at radius 2 is 2.00 bits per heavy atom. The summed E-state index contributed by atoms with van der Waals surface area (Å²) in [5, 5.41) is 3.97. The molecule has 3 nitrogen and oxygen atoms in total. The largest absolute Gasteiger partial charge is 0.301 e. The number of hydrogen-bond donors (Lipinski definition) is 1. The second-order valence-electron chi connectivity index (χ2n) is 7.93. The first-order chi connectivity index (χ1) is 10.3. The Bertz CT molecular complexity index is 632. The van der Waals surface area contributed by atoms with Crippen molar-refractivity contribution >= 4 is 38.3 Å². The molecule has 3 fully saturated rings. The lowest BCUT2D eigenvalue weighted by Gasteiger charge is -2.64. The zero-order valence-corrected chi connectivity index (χ0v) is 15.9. The van der Waals surface area contributed by atoms with Crippen molar-refractivity contribution in [1.82, 2.24) is 4.98 Å². The molecular weight excluding hydrogens is 360 g/mol. The average Bonchev–Trinajstić information content (AvgIpc) is 3.07. The lowest BCUT2D eigenvalue weighted by atomic mass is 9.43. The second-order valence-corrected chi connectivity index (χ2v) is 9.93. The van der Waals surface area contributed by atoms with Gasteiger partial charge in [-0.15, -0.1) is 11.3 Å². The van der Waals surface area contributed by atoms with Gasteiger partial charge in [0.25, 0.3) is 0 Å². The highest BCUT2D eigenvalue weighted by molar-refractivity contribution is 9.09. The van der Waals surface area contributed by atoms with Crippen molar-refractivity contribution < 1.29 is 4.79 Å².